The zero-order chi connectivity index (χ0) is 14.7. The van der Waals surface area contributed by atoms with Crippen molar-refractivity contribution in [2.75, 3.05) is 6.61 Å². The van der Waals surface area contributed by atoms with E-state index in [1.54, 1.807) is 24.3 Å². The molecule has 0 amide bonds. The van der Waals surface area contributed by atoms with Gasteiger partial charge in [0.05, 0.1) is 4.91 Å². The molecule has 0 atom stereocenters. The van der Waals surface area contributed by atoms with Crippen molar-refractivity contribution in [2.45, 2.75) is 9.79 Å². The normalized spacial score (nSPS) is 14.3. The Hall–Kier alpha value is -1.76. The third kappa shape index (κ3) is 3.66. The van der Waals surface area contributed by atoms with Crippen molar-refractivity contribution >= 4 is 23.5 Å². The average molecular weight is 320 g/mol. The predicted molar refractivity (Wildman–Crippen MR) is 82.0 cm³/mol. The molecule has 2 N–H and O–H groups in total. The summed E-state index contributed by atoms with van der Waals surface area (Å²) in [6, 6.07) is 13.9. The molecular weight excluding hydrogens is 308 g/mol. The maximum absolute atomic E-state index is 9.29. The van der Waals surface area contributed by atoms with Crippen molar-refractivity contribution < 1.29 is 20.0 Å². The van der Waals surface area contributed by atoms with Crippen molar-refractivity contribution in [3.63, 3.8) is 0 Å². The van der Waals surface area contributed by atoms with Crippen LogP contribution in [0.15, 0.2) is 68.3 Å². The van der Waals surface area contributed by atoms with E-state index in [1.807, 2.05) is 24.3 Å². The first kappa shape index (κ1) is 14.2. The molecule has 0 aromatic heterocycles. The van der Waals surface area contributed by atoms with E-state index in [2.05, 4.69) is 0 Å². The molecule has 2 aromatic carbocycles. The van der Waals surface area contributed by atoms with Crippen LogP contribution < -0.4 is 0 Å². The molecule has 21 heavy (non-hydrogen) atoms. The molecule has 1 aliphatic heterocycles. The summed E-state index contributed by atoms with van der Waals surface area (Å²) in [6.45, 7) is 0.395. The highest BCUT2D eigenvalue weighted by atomic mass is 32.2. The molecule has 4 nitrogen and oxygen atoms in total. The fraction of sp³-hybridized carbons (Fsp3) is 0.0667. The third-order valence-corrected chi connectivity index (χ3v) is 4.87. The molecule has 0 saturated heterocycles. The van der Waals surface area contributed by atoms with E-state index in [0.717, 1.165) is 14.7 Å². The van der Waals surface area contributed by atoms with E-state index in [0.29, 0.717) is 11.7 Å². The summed E-state index contributed by atoms with van der Waals surface area (Å²) in [5.41, 5.74) is 0. The minimum atomic E-state index is 0.232. The number of hydrogen-bond donors (Lipinski definition) is 2. The van der Waals surface area contributed by atoms with Crippen LogP contribution in [0.3, 0.4) is 0 Å². The lowest BCUT2D eigenvalue weighted by atomic mass is 10.3. The van der Waals surface area contributed by atoms with Crippen molar-refractivity contribution in [1.82, 2.24) is 0 Å². The second-order valence-corrected chi connectivity index (χ2v) is 6.46. The van der Waals surface area contributed by atoms with Gasteiger partial charge in [0.15, 0.2) is 0 Å². The van der Waals surface area contributed by atoms with Gasteiger partial charge < -0.3 is 15.1 Å². The zero-order valence-corrected chi connectivity index (χ0v) is 12.5. The fourth-order valence-corrected chi connectivity index (χ4v) is 3.44. The van der Waals surface area contributed by atoms with Crippen molar-refractivity contribution in [2.24, 2.45) is 0 Å². The van der Waals surface area contributed by atoms with Gasteiger partial charge >= 0.3 is 0 Å². The average Bonchev–Trinajstić information content (AvgIpc) is 2.91. The second-order valence-electron chi connectivity index (χ2n) is 4.25. The minimum absolute atomic E-state index is 0.232. The van der Waals surface area contributed by atoms with Crippen LogP contribution in [0.4, 0.5) is 0 Å². The molecule has 0 fully saturated rings. The molecule has 0 saturated carbocycles. The van der Waals surface area contributed by atoms with Gasteiger partial charge in [-0.2, -0.15) is 4.89 Å². The summed E-state index contributed by atoms with van der Waals surface area (Å²) < 4.78 is 0. The van der Waals surface area contributed by atoms with Crippen LogP contribution in [0.2, 0.25) is 0 Å². The number of phenolic OH excluding ortho intramolecular Hbond substituents is 2. The summed E-state index contributed by atoms with van der Waals surface area (Å²) in [5.74, 6) is 0.474. The van der Waals surface area contributed by atoms with Gasteiger partial charge in [-0.3, -0.25) is 0 Å². The Balaban J connectivity index is 1.75. The predicted octanol–water partition coefficient (Wildman–Crippen LogP) is 4.11. The summed E-state index contributed by atoms with van der Waals surface area (Å²) in [7, 11) is 0. The van der Waals surface area contributed by atoms with Gasteiger partial charge in [0.2, 0.25) is 5.09 Å². The first-order chi connectivity index (χ1) is 10.2. The topological polar surface area (TPSA) is 58.9 Å². The number of thioether (sulfide) groups is 2. The van der Waals surface area contributed by atoms with E-state index in [-0.39, 0.29) is 11.5 Å². The van der Waals surface area contributed by atoms with E-state index in [9.17, 15) is 10.2 Å². The van der Waals surface area contributed by atoms with Crippen LogP contribution in [-0.2, 0) is 9.78 Å². The summed E-state index contributed by atoms with van der Waals surface area (Å²) in [5, 5.41) is 19.3. The number of aromatic hydroxyl groups is 2. The highest BCUT2D eigenvalue weighted by Gasteiger charge is 2.20. The third-order valence-electron chi connectivity index (χ3n) is 2.68. The quantitative estimate of drug-likeness (QED) is 0.827. The van der Waals surface area contributed by atoms with Crippen LogP contribution in [0, 0.1) is 0 Å². The van der Waals surface area contributed by atoms with Crippen molar-refractivity contribution in [1.29, 1.82) is 0 Å². The summed E-state index contributed by atoms with van der Waals surface area (Å²) >= 11 is 2.98. The minimum Gasteiger partial charge on any atom is -0.508 e. The Kier molecular flexibility index (Phi) is 4.28. The van der Waals surface area contributed by atoms with Gasteiger partial charge in [-0.05, 0) is 60.3 Å². The molecular formula is C15H12O4S2. The fourth-order valence-electron chi connectivity index (χ4n) is 1.66. The molecule has 0 spiro atoms. The summed E-state index contributed by atoms with van der Waals surface area (Å²) in [4.78, 5) is 13.2. The monoisotopic (exact) mass is 320 g/mol. The van der Waals surface area contributed by atoms with Gasteiger partial charge in [0.25, 0.3) is 0 Å². The molecule has 1 aliphatic rings. The lowest BCUT2D eigenvalue weighted by Gasteiger charge is -2.04. The van der Waals surface area contributed by atoms with Crippen molar-refractivity contribution in [3.05, 3.63) is 58.5 Å². The Bertz CT molecular complexity index is 593. The zero-order valence-electron chi connectivity index (χ0n) is 10.9. The van der Waals surface area contributed by atoms with Crippen LogP contribution in [0.1, 0.15) is 0 Å². The Morgan fingerprint density at radius 3 is 1.86 bits per heavy atom. The van der Waals surface area contributed by atoms with Crippen molar-refractivity contribution in [3.8, 4) is 11.5 Å². The van der Waals surface area contributed by atoms with E-state index >= 15 is 0 Å². The Morgan fingerprint density at radius 1 is 0.762 bits per heavy atom. The van der Waals surface area contributed by atoms with Gasteiger partial charge in [0.1, 0.15) is 18.1 Å². The molecule has 2 aromatic rings. The molecule has 6 heteroatoms. The van der Waals surface area contributed by atoms with Gasteiger partial charge in [-0.1, -0.05) is 11.8 Å². The van der Waals surface area contributed by atoms with Gasteiger partial charge in [-0.25, -0.2) is 0 Å². The molecule has 0 radical (unpaired) electrons. The van der Waals surface area contributed by atoms with Gasteiger partial charge in [0, 0.05) is 9.79 Å². The molecule has 108 valence electrons. The second kappa shape index (κ2) is 6.34. The Labute approximate surface area is 130 Å². The number of phenols is 2. The van der Waals surface area contributed by atoms with E-state index in [4.69, 9.17) is 9.78 Å². The maximum Gasteiger partial charge on any atom is 0.215 e. The van der Waals surface area contributed by atoms with Crippen LogP contribution in [0.5, 0.6) is 11.5 Å². The molecule has 3 rings (SSSR count). The first-order valence-electron chi connectivity index (χ1n) is 6.17. The number of hydrogen-bond acceptors (Lipinski definition) is 6. The smallest absolute Gasteiger partial charge is 0.215 e. The number of benzene rings is 2. The molecule has 0 unspecified atom stereocenters. The molecule has 0 bridgehead atoms. The maximum atomic E-state index is 9.29. The standard InChI is InChI=1S/C15H12O4S2/c16-10-1-5-12(6-2-10)20-14-9-18-19-15(14)21-13-7-3-11(17)4-8-13/h1-8,16-17H,9H2. The molecule has 1 heterocycles. The highest BCUT2D eigenvalue weighted by Crippen LogP contribution is 2.41. The van der Waals surface area contributed by atoms with E-state index in [1.165, 1.54) is 23.5 Å². The SMILES string of the molecule is Oc1ccc(SC2=C(Sc3ccc(O)cc3)OOC2)cc1. The van der Waals surface area contributed by atoms with Crippen LogP contribution in [0.25, 0.3) is 0 Å². The lowest BCUT2D eigenvalue weighted by Crippen LogP contribution is -1.82. The lowest BCUT2D eigenvalue weighted by molar-refractivity contribution is -0.225. The summed E-state index contributed by atoms with van der Waals surface area (Å²) in [6.07, 6.45) is 0. The van der Waals surface area contributed by atoms with Crippen LogP contribution >= 0.6 is 23.5 Å². The van der Waals surface area contributed by atoms with Crippen LogP contribution in [-0.4, -0.2) is 16.8 Å². The highest BCUT2D eigenvalue weighted by molar-refractivity contribution is 8.06. The molecule has 0 aliphatic carbocycles. The Morgan fingerprint density at radius 2 is 1.29 bits per heavy atom. The first-order valence-corrected chi connectivity index (χ1v) is 7.80. The largest absolute Gasteiger partial charge is 0.508 e. The number of rotatable bonds is 4. The van der Waals surface area contributed by atoms with Gasteiger partial charge in [-0.15, -0.1) is 0 Å². The van der Waals surface area contributed by atoms with E-state index < -0.39 is 0 Å².